The van der Waals surface area contributed by atoms with Crippen LogP contribution in [0.4, 0.5) is 5.69 Å². The maximum atomic E-state index is 12.7. The molecule has 23 heavy (non-hydrogen) atoms. The van der Waals surface area contributed by atoms with E-state index >= 15 is 0 Å². The van der Waals surface area contributed by atoms with Gasteiger partial charge in [-0.15, -0.1) is 0 Å². The highest BCUT2D eigenvalue weighted by Gasteiger charge is 2.42. The molecule has 1 atom stereocenters. The summed E-state index contributed by atoms with van der Waals surface area (Å²) in [6.07, 6.45) is 5.83. The minimum Gasteiger partial charge on any atom is -0.491 e. The molecular formula is C19H29NO3. The number of rotatable bonds is 8. The van der Waals surface area contributed by atoms with Crippen molar-refractivity contribution in [1.29, 1.82) is 0 Å². The van der Waals surface area contributed by atoms with E-state index in [9.17, 15) is 4.79 Å². The quantitative estimate of drug-likeness (QED) is 0.765. The van der Waals surface area contributed by atoms with E-state index in [1.54, 1.807) is 0 Å². The number of benzene rings is 1. The van der Waals surface area contributed by atoms with Crippen LogP contribution < -0.4 is 10.1 Å². The molecular weight excluding hydrogens is 290 g/mol. The van der Waals surface area contributed by atoms with Gasteiger partial charge in [0.25, 0.3) is 5.91 Å². The lowest BCUT2D eigenvalue weighted by Crippen LogP contribution is -2.43. The lowest BCUT2D eigenvalue weighted by Gasteiger charge is -2.28. The molecule has 0 radical (unpaired) electrons. The Morgan fingerprint density at radius 1 is 1.22 bits per heavy atom. The Balaban J connectivity index is 1.98. The van der Waals surface area contributed by atoms with Gasteiger partial charge in [-0.05, 0) is 69.7 Å². The van der Waals surface area contributed by atoms with Crippen LogP contribution in [0.1, 0.15) is 59.3 Å². The number of amides is 1. The van der Waals surface area contributed by atoms with Gasteiger partial charge in [0, 0.05) is 12.3 Å². The van der Waals surface area contributed by atoms with E-state index in [2.05, 4.69) is 19.2 Å². The predicted molar refractivity (Wildman–Crippen MR) is 92.9 cm³/mol. The van der Waals surface area contributed by atoms with Gasteiger partial charge in [-0.3, -0.25) is 4.79 Å². The highest BCUT2D eigenvalue weighted by atomic mass is 16.5. The SMILES string of the molecule is CCCOC1(C(=O)Nc2ccc(O[C@H](C)CC)cc2)CCCC1. The Morgan fingerprint density at radius 2 is 1.87 bits per heavy atom. The summed E-state index contributed by atoms with van der Waals surface area (Å²) in [6.45, 7) is 6.84. The number of carbonyl (C=O) groups is 1. The maximum absolute atomic E-state index is 12.7. The first kappa shape index (κ1) is 17.8. The fraction of sp³-hybridized carbons (Fsp3) is 0.632. The van der Waals surface area contributed by atoms with E-state index in [1.807, 2.05) is 31.2 Å². The lowest BCUT2D eigenvalue weighted by atomic mass is 10.0. The van der Waals surface area contributed by atoms with Crippen LogP contribution in [0.15, 0.2) is 24.3 Å². The fourth-order valence-corrected chi connectivity index (χ4v) is 2.86. The van der Waals surface area contributed by atoms with Crippen molar-refractivity contribution in [1.82, 2.24) is 0 Å². The van der Waals surface area contributed by atoms with Crippen LogP contribution >= 0.6 is 0 Å². The molecule has 128 valence electrons. The molecule has 0 unspecified atom stereocenters. The van der Waals surface area contributed by atoms with Crippen molar-refractivity contribution in [2.24, 2.45) is 0 Å². The van der Waals surface area contributed by atoms with Gasteiger partial charge in [-0.1, -0.05) is 13.8 Å². The van der Waals surface area contributed by atoms with Gasteiger partial charge in [-0.2, -0.15) is 0 Å². The van der Waals surface area contributed by atoms with E-state index in [0.717, 1.165) is 50.0 Å². The standard InChI is InChI=1S/C19H29NO3/c1-4-14-22-19(12-6-7-13-19)18(21)20-16-8-10-17(11-9-16)23-15(3)5-2/h8-11,15H,4-7,12-14H2,1-3H3,(H,20,21)/t15-/m1/s1. The zero-order valence-electron chi connectivity index (χ0n) is 14.6. The van der Waals surface area contributed by atoms with E-state index in [4.69, 9.17) is 9.47 Å². The third-order valence-electron chi connectivity index (χ3n) is 4.43. The molecule has 1 aromatic carbocycles. The Labute approximate surface area is 139 Å². The Kier molecular flexibility index (Phi) is 6.46. The zero-order valence-corrected chi connectivity index (χ0v) is 14.6. The molecule has 1 amide bonds. The van der Waals surface area contributed by atoms with Crippen molar-refractivity contribution in [2.45, 2.75) is 71.0 Å². The van der Waals surface area contributed by atoms with Gasteiger partial charge in [0.1, 0.15) is 11.4 Å². The molecule has 1 saturated carbocycles. The molecule has 0 saturated heterocycles. The highest BCUT2D eigenvalue weighted by molar-refractivity contribution is 5.97. The second kappa shape index (κ2) is 8.34. The Hall–Kier alpha value is -1.55. The van der Waals surface area contributed by atoms with Gasteiger partial charge in [0.05, 0.1) is 6.10 Å². The molecule has 1 N–H and O–H groups in total. The summed E-state index contributed by atoms with van der Waals surface area (Å²) in [5, 5.41) is 3.01. The molecule has 1 aliphatic rings. The fourth-order valence-electron chi connectivity index (χ4n) is 2.86. The molecule has 0 spiro atoms. The van der Waals surface area contributed by atoms with Gasteiger partial charge in [0.15, 0.2) is 0 Å². The summed E-state index contributed by atoms with van der Waals surface area (Å²) in [6, 6.07) is 7.57. The Bertz CT molecular complexity index is 492. The van der Waals surface area contributed by atoms with Crippen LogP contribution in [-0.2, 0) is 9.53 Å². The van der Waals surface area contributed by atoms with Gasteiger partial charge >= 0.3 is 0 Å². The molecule has 1 fully saturated rings. The van der Waals surface area contributed by atoms with Crippen LogP contribution in [-0.4, -0.2) is 24.2 Å². The van der Waals surface area contributed by atoms with Crippen molar-refractivity contribution >= 4 is 11.6 Å². The first-order chi connectivity index (χ1) is 11.1. The summed E-state index contributed by atoms with van der Waals surface area (Å²) in [4.78, 5) is 12.7. The van der Waals surface area contributed by atoms with E-state index in [-0.39, 0.29) is 12.0 Å². The molecule has 0 aromatic heterocycles. The van der Waals surface area contributed by atoms with Gasteiger partial charge in [0.2, 0.25) is 0 Å². The average molecular weight is 319 g/mol. The zero-order chi connectivity index (χ0) is 16.7. The maximum Gasteiger partial charge on any atom is 0.256 e. The molecule has 2 rings (SSSR count). The van der Waals surface area contributed by atoms with Crippen LogP contribution in [0.25, 0.3) is 0 Å². The van der Waals surface area contributed by atoms with Gasteiger partial charge < -0.3 is 14.8 Å². The number of anilines is 1. The molecule has 4 nitrogen and oxygen atoms in total. The largest absolute Gasteiger partial charge is 0.491 e. The number of carbonyl (C=O) groups excluding carboxylic acids is 1. The third kappa shape index (κ3) is 4.71. The summed E-state index contributed by atoms with van der Waals surface area (Å²) in [5.41, 5.74) is 0.153. The summed E-state index contributed by atoms with van der Waals surface area (Å²) >= 11 is 0. The summed E-state index contributed by atoms with van der Waals surface area (Å²) in [7, 11) is 0. The molecule has 0 bridgehead atoms. The molecule has 0 aliphatic heterocycles. The van der Waals surface area contributed by atoms with Gasteiger partial charge in [-0.25, -0.2) is 0 Å². The molecule has 1 aliphatic carbocycles. The summed E-state index contributed by atoms with van der Waals surface area (Å²) in [5.74, 6) is 0.814. The number of nitrogens with one attached hydrogen (secondary N) is 1. The summed E-state index contributed by atoms with van der Waals surface area (Å²) < 4.78 is 11.7. The monoisotopic (exact) mass is 319 g/mol. The number of hydrogen-bond acceptors (Lipinski definition) is 3. The topological polar surface area (TPSA) is 47.6 Å². The minimum atomic E-state index is -0.637. The minimum absolute atomic E-state index is 0.0148. The normalized spacial score (nSPS) is 17.7. The van der Waals surface area contributed by atoms with Crippen molar-refractivity contribution < 1.29 is 14.3 Å². The van der Waals surface area contributed by atoms with Crippen molar-refractivity contribution in [3.63, 3.8) is 0 Å². The molecule has 4 heteroatoms. The van der Waals surface area contributed by atoms with E-state index in [1.165, 1.54) is 0 Å². The smallest absolute Gasteiger partial charge is 0.256 e. The van der Waals surface area contributed by atoms with E-state index in [0.29, 0.717) is 6.61 Å². The van der Waals surface area contributed by atoms with Crippen molar-refractivity contribution in [2.75, 3.05) is 11.9 Å². The van der Waals surface area contributed by atoms with Crippen molar-refractivity contribution in [3.8, 4) is 5.75 Å². The lowest BCUT2D eigenvalue weighted by molar-refractivity contribution is -0.140. The van der Waals surface area contributed by atoms with Crippen LogP contribution in [0, 0.1) is 0 Å². The molecule has 0 heterocycles. The predicted octanol–water partition coefficient (Wildman–Crippen LogP) is 4.54. The second-order valence-electron chi connectivity index (χ2n) is 6.37. The van der Waals surface area contributed by atoms with Crippen molar-refractivity contribution in [3.05, 3.63) is 24.3 Å². The third-order valence-corrected chi connectivity index (χ3v) is 4.43. The first-order valence-electron chi connectivity index (χ1n) is 8.82. The highest BCUT2D eigenvalue weighted by Crippen LogP contribution is 2.34. The second-order valence-corrected chi connectivity index (χ2v) is 6.37. The van der Waals surface area contributed by atoms with Crippen LogP contribution in [0.2, 0.25) is 0 Å². The van der Waals surface area contributed by atoms with E-state index < -0.39 is 5.60 Å². The Morgan fingerprint density at radius 3 is 2.43 bits per heavy atom. The number of hydrogen-bond donors (Lipinski definition) is 1. The van der Waals surface area contributed by atoms with Crippen LogP contribution in [0.5, 0.6) is 5.75 Å². The molecule has 1 aromatic rings. The first-order valence-corrected chi connectivity index (χ1v) is 8.82. The average Bonchev–Trinajstić information content (AvgIpc) is 3.05. The van der Waals surface area contributed by atoms with Crippen LogP contribution in [0.3, 0.4) is 0 Å². The number of ether oxygens (including phenoxy) is 2.